The van der Waals surface area contributed by atoms with E-state index in [1.165, 1.54) is 12.1 Å². The van der Waals surface area contributed by atoms with Gasteiger partial charge in [-0.25, -0.2) is 9.37 Å². The average molecular weight is 281 g/mol. The molecule has 0 aliphatic heterocycles. The van der Waals surface area contributed by atoms with Gasteiger partial charge >= 0.3 is 0 Å². The lowest BCUT2D eigenvalue weighted by Crippen LogP contribution is -2.17. The van der Waals surface area contributed by atoms with Crippen LogP contribution in [0.4, 0.5) is 4.39 Å². The van der Waals surface area contributed by atoms with Crippen LogP contribution in [0.1, 0.15) is 11.6 Å². The van der Waals surface area contributed by atoms with Gasteiger partial charge in [0.15, 0.2) is 0 Å². The molecule has 1 unspecified atom stereocenters. The van der Waals surface area contributed by atoms with E-state index in [-0.39, 0.29) is 11.9 Å². The number of hydrogen-bond acceptors (Lipinski definition) is 2. The summed E-state index contributed by atoms with van der Waals surface area (Å²) < 4.78 is 15.0. The fourth-order valence-corrected chi connectivity index (χ4v) is 2.34. The molecule has 0 aliphatic carbocycles. The fourth-order valence-electron chi connectivity index (χ4n) is 2.34. The van der Waals surface area contributed by atoms with Crippen molar-refractivity contribution in [1.29, 1.82) is 0 Å². The van der Waals surface area contributed by atoms with Crippen LogP contribution in [0.3, 0.4) is 0 Å². The van der Waals surface area contributed by atoms with Gasteiger partial charge in [-0.1, -0.05) is 30.3 Å². The first-order valence-electron chi connectivity index (χ1n) is 6.80. The molecule has 2 N–H and O–H groups in total. The second-order valence-corrected chi connectivity index (χ2v) is 4.96. The van der Waals surface area contributed by atoms with E-state index in [0.29, 0.717) is 6.54 Å². The van der Waals surface area contributed by atoms with Gasteiger partial charge in [0, 0.05) is 12.6 Å². The predicted molar refractivity (Wildman–Crippen MR) is 81.0 cm³/mol. The molecule has 0 saturated heterocycles. The van der Waals surface area contributed by atoms with Gasteiger partial charge in [0.2, 0.25) is 0 Å². The first-order chi connectivity index (χ1) is 10.2. The molecule has 0 bridgehead atoms. The van der Waals surface area contributed by atoms with E-state index in [9.17, 15) is 4.39 Å². The second kappa shape index (κ2) is 5.89. The van der Waals surface area contributed by atoms with Crippen LogP contribution >= 0.6 is 0 Å². The number of nitrogens with two attached hydrogens (primary N) is 1. The van der Waals surface area contributed by atoms with Gasteiger partial charge < -0.3 is 10.3 Å². The van der Waals surface area contributed by atoms with E-state index in [1.807, 2.05) is 34.9 Å². The Morgan fingerprint density at radius 2 is 1.76 bits per heavy atom. The summed E-state index contributed by atoms with van der Waals surface area (Å²) in [6, 6.07) is 16.2. The molecule has 1 heterocycles. The molecular formula is C17H16FN3. The lowest BCUT2D eigenvalue weighted by atomic mass is 10.1. The van der Waals surface area contributed by atoms with Crippen LogP contribution < -0.4 is 5.73 Å². The number of benzene rings is 2. The Labute approximate surface area is 122 Å². The van der Waals surface area contributed by atoms with E-state index in [1.54, 1.807) is 24.7 Å². The maximum absolute atomic E-state index is 13.0. The van der Waals surface area contributed by atoms with Crippen LogP contribution in [0.5, 0.6) is 0 Å². The SMILES string of the molecule is NC(Cn1cncc1-c1ccc(F)cc1)c1ccccc1. The highest BCUT2D eigenvalue weighted by atomic mass is 19.1. The Morgan fingerprint density at radius 3 is 2.48 bits per heavy atom. The van der Waals surface area contributed by atoms with Gasteiger partial charge in [0.05, 0.1) is 18.2 Å². The third-order valence-electron chi connectivity index (χ3n) is 3.47. The molecule has 0 spiro atoms. The lowest BCUT2D eigenvalue weighted by molar-refractivity contribution is 0.580. The minimum atomic E-state index is -0.245. The van der Waals surface area contributed by atoms with Crippen LogP contribution in [0.2, 0.25) is 0 Å². The van der Waals surface area contributed by atoms with E-state index in [4.69, 9.17) is 5.73 Å². The Bertz CT molecular complexity index is 704. The summed E-state index contributed by atoms with van der Waals surface area (Å²) in [5.41, 5.74) is 9.19. The van der Waals surface area contributed by atoms with Crippen molar-refractivity contribution in [2.45, 2.75) is 12.6 Å². The van der Waals surface area contributed by atoms with Gasteiger partial charge in [-0.3, -0.25) is 0 Å². The summed E-state index contributed by atoms with van der Waals surface area (Å²) in [4.78, 5) is 4.18. The summed E-state index contributed by atoms with van der Waals surface area (Å²) in [6.07, 6.45) is 3.52. The van der Waals surface area contributed by atoms with Crippen LogP contribution in [-0.4, -0.2) is 9.55 Å². The number of nitrogens with zero attached hydrogens (tertiary/aromatic N) is 2. The molecule has 3 aromatic rings. The minimum Gasteiger partial charge on any atom is -0.329 e. The van der Waals surface area contributed by atoms with Crippen LogP contribution in [0, 0.1) is 5.82 Å². The smallest absolute Gasteiger partial charge is 0.123 e. The van der Waals surface area contributed by atoms with Crippen molar-refractivity contribution < 1.29 is 4.39 Å². The van der Waals surface area contributed by atoms with Crippen molar-refractivity contribution in [1.82, 2.24) is 9.55 Å². The van der Waals surface area contributed by atoms with E-state index >= 15 is 0 Å². The molecule has 4 heteroatoms. The van der Waals surface area contributed by atoms with Crippen molar-refractivity contribution in [3.8, 4) is 11.3 Å². The third kappa shape index (κ3) is 3.01. The maximum Gasteiger partial charge on any atom is 0.123 e. The maximum atomic E-state index is 13.0. The molecule has 106 valence electrons. The summed E-state index contributed by atoms with van der Waals surface area (Å²) in [7, 11) is 0. The Hall–Kier alpha value is -2.46. The fraction of sp³-hybridized carbons (Fsp3) is 0.118. The molecular weight excluding hydrogens is 265 g/mol. The molecule has 0 aliphatic rings. The number of hydrogen-bond donors (Lipinski definition) is 1. The largest absolute Gasteiger partial charge is 0.329 e. The Balaban J connectivity index is 1.84. The normalized spacial score (nSPS) is 12.3. The first-order valence-corrected chi connectivity index (χ1v) is 6.80. The molecule has 3 rings (SSSR count). The molecule has 21 heavy (non-hydrogen) atoms. The molecule has 2 aromatic carbocycles. The minimum absolute atomic E-state index is 0.111. The second-order valence-electron chi connectivity index (χ2n) is 4.96. The van der Waals surface area contributed by atoms with Crippen molar-refractivity contribution in [3.63, 3.8) is 0 Å². The zero-order valence-electron chi connectivity index (χ0n) is 11.5. The molecule has 1 atom stereocenters. The summed E-state index contributed by atoms with van der Waals surface area (Å²) in [6.45, 7) is 0.622. The summed E-state index contributed by atoms with van der Waals surface area (Å²) >= 11 is 0. The van der Waals surface area contributed by atoms with Crippen molar-refractivity contribution >= 4 is 0 Å². The van der Waals surface area contributed by atoms with Gasteiger partial charge in [0.25, 0.3) is 0 Å². The summed E-state index contributed by atoms with van der Waals surface area (Å²) in [5, 5.41) is 0. The Morgan fingerprint density at radius 1 is 1.05 bits per heavy atom. The highest BCUT2D eigenvalue weighted by Gasteiger charge is 2.10. The topological polar surface area (TPSA) is 43.8 Å². The van der Waals surface area contributed by atoms with E-state index < -0.39 is 0 Å². The molecule has 1 aromatic heterocycles. The third-order valence-corrected chi connectivity index (χ3v) is 3.47. The number of imidazole rings is 1. The quantitative estimate of drug-likeness (QED) is 0.796. The van der Waals surface area contributed by atoms with Gasteiger partial charge in [-0.2, -0.15) is 0 Å². The highest BCUT2D eigenvalue weighted by molar-refractivity contribution is 5.58. The molecule has 0 fully saturated rings. The molecule has 0 amide bonds. The van der Waals surface area contributed by atoms with Crippen LogP contribution in [0.25, 0.3) is 11.3 Å². The van der Waals surface area contributed by atoms with Gasteiger partial charge in [-0.05, 0) is 35.4 Å². The molecule has 0 saturated carbocycles. The van der Waals surface area contributed by atoms with E-state index in [0.717, 1.165) is 16.8 Å². The Kier molecular flexibility index (Phi) is 3.79. The van der Waals surface area contributed by atoms with Crippen molar-refractivity contribution in [3.05, 3.63) is 78.5 Å². The van der Waals surface area contributed by atoms with Gasteiger partial charge in [-0.15, -0.1) is 0 Å². The number of halogens is 1. The zero-order valence-corrected chi connectivity index (χ0v) is 11.5. The monoisotopic (exact) mass is 281 g/mol. The van der Waals surface area contributed by atoms with Crippen LogP contribution in [0.15, 0.2) is 67.1 Å². The predicted octanol–water partition coefficient (Wildman–Crippen LogP) is 3.39. The molecule has 3 nitrogen and oxygen atoms in total. The number of rotatable bonds is 4. The zero-order chi connectivity index (χ0) is 14.7. The van der Waals surface area contributed by atoms with Crippen LogP contribution in [-0.2, 0) is 6.54 Å². The molecule has 0 radical (unpaired) electrons. The average Bonchev–Trinajstić information content (AvgIpc) is 2.97. The highest BCUT2D eigenvalue weighted by Crippen LogP contribution is 2.21. The van der Waals surface area contributed by atoms with Gasteiger partial charge in [0.1, 0.15) is 5.82 Å². The van der Waals surface area contributed by atoms with E-state index in [2.05, 4.69) is 4.98 Å². The number of aromatic nitrogens is 2. The van der Waals surface area contributed by atoms with Crippen molar-refractivity contribution in [2.24, 2.45) is 5.73 Å². The standard InChI is InChI=1S/C17H16FN3/c18-15-8-6-14(7-9-15)17-10-20-12-21(17)11-16(19)13-4-2-1-3-5-13/h1-10,12,16H,11,19H2. The summed E-state index contributed by atoms with van der Waals surface area (Å²) in [5.74, 6) is -0.245. The lowest BCUT2D eigenvalue weighted by Gasteiger charge is -2.15. The van der Waals surface area contributed by atoms with Crippen molar-refractivity contribution in [2.75, 3.05) is 0 Å². The first kappa shape index (κ1) is 13.5.